The molecule has 0 aliphatic rings. The number of imidazole rings is 1. The monoisotopic (exact) mass is 414 g/mol. The molecule has 0 fully saturated rings. The van der Waals surface area contributed by atoms with Crippen molar-refractivity contribution < 1.29 is 13.9 Å². The largest absolute Gasteiger partial charge is 0.469 e. The van der Waals surface area contributed by atoms with Crippen molar-refractivity contribution in [2.45, 2.75) is 37.9 Å². The highest BCUT2D eigenvalue weighted by atomic mass is 32.2. The highest BCUT2D eigenvalue weighted by Gasteiger charge is 2.21. The van der Waals surface area contributed by atoms with Crippen molar-refractivity contribution >= 4 is 17.7 Å². The minimum atomic E-state index is -0.311. The second-order valence-electron chi connectivity index (χ2n) is 6.56. The first kappa shape index (κ1) is 21.0. The molecule has 0 saturated carbocycles. The molecule has 1 atom stereocenters. The van der Waals surface area contributed by atoms with Gasteiger partial charge in [-0.1, -0.05) is 18.7 Å². The number of carbonyl (C=O) groups is 1. The second-order valence-corrected chi connectivity index (χ2v) is 7.62. The Hall–Kier alpha value is -2.74. The third kappa shape index (κ3) is 5.00. The normalized spacial score (nSPS) is 12.0. The van der Waals surface area contributed by atoms with E-state index >= 15 is 0 Å². The van der Waals surface area contributed by atoms with Crippen LogP contribution in [0.3, 0.4) is 0 Å². The minimum Gasteiger partial charge on any atom is -0.469 e. The van der Waals surface area contributed by atoms with E-state index in [1.54, 1.807) is 36.4 Å². The number of ether oxygens (including phenoxy) is 1. The lowest BCUT2D eigenvalue weighted by Crippen LogP contribution is -2.13. The molecule has 0 aliphatic carbocycles. The van der Waals surface area contributed by atoms with Crippen molar-refractivity contribution in [1.29, 1.82) is 0 Å². The van der Waals surface area contributed by atoms with Gasteiger partial charge in [-0.05, 0) is 43.7 Å². The number of halogens is 1. The Morgan fingerprint density at radius 2 is 2.00 bits per heavy atom. The Morgan fingerprint density at radius 1 is 1.24 bits per heavy atom. The summed E-state index contributed by atoms with van der Waals surface area (Å²) >= 11 is 1.59. The van der Waals surface area contributed by atoms with E-state index in [0.717, 1.165) is 23.4 Å². The Balaban J connectivity index is 2.09. The summed E-state index contributed by atoms with van der Waals surface area (Å²) in [6.45, 7) is 4.03. The van der Waals surface area contributed by atoms with Crippen LogP contribution in [-0.4, -0.2) is 38.4 Å². The van der Waals surface area contributed by atoms with E-state index in [0.29, 0.717) is 16.5 Å². The molecule has 0 spiro atoms. The molecular formula is C21H23FN4O2S. The van der Waals surface area contributed by atoms with Gasteiger partial charge in [-0.25, -0.2) is 19.3 Å². The molecular weight excluding hydrogens is 391 g/mol. The quantitative estimate of drug-likeness (QED) is 0.300. The number of methoxy groups -OCH3 is 1. The fraction of sp³-hybridized carbons (Fsp3) is 0.333. The van der Waals surface area contributed by atoms with Gasteiger partial charge in [0.15, 0.2) is 5.16 Å². The third-order valence-corrected chi connectivity index (χ3v) is 5.45. The lowest BCUT2D eigenvalue weighted by atomic mass is 10.1. The van der Waals surface area contributed by atoms with Gasteiger partial charge in [0.05, 0.1) is 36.9 Å². The molecule has 3 rings (SSSR count). The van der Waals surface area contributed by atoms with E-state index in [9.17, 15) is 9.18 Å². The lowest BCUT2D eigenvalue weighted by molar-refractivity contribution is -0.141. The number of carbonyl (C=O) groups excluding carboxylic acids is 1. The van der Waals surface area contributed by atoms with Gasteiger partial charge in [-0.3, -0.25) is 4.79 Å². The van der Waals surface area contributed by atoms with Crippen LogP contribution in [0.2, 0.25) is 0 Å². The van der Waals surface area contributed by atoms with Gasteiger partial charge in [0.1, 0.15) is 5.82 Å². The summed E-state index contributed by atoms with van der Waals surface area (Å²) in [6, 6.07) is 7.80. The molecule has 8 heteroatoms. The van der Waals surface area contributed by atoms with Crippen LogP contribution < -0.4 is 0 Å². The van der Waals surface area contributed by atoms with Crippen LogP contribution in [0, 0.1) is 5.82 Å². The predicted octanol–water partition coefficient (Wildman–Crippen LogP) is 4.77. The molecule has 2 heterocycles. The first-order valence-corrected chi connectivity index (χ1v) is 10.4. The van der Waals surface area contributed by atoms with Crippen LogP contribution in [0.4, 0.5) is 4.39 Å². The zero-order chi connectivity index (χ0) is 20.8. The molecule has 0 amide bonds. The average Bonchev–Trinajstić information content (AvgIpc) is 3.18. The zero-order valence-corrected chi connectivity index (χ0v) is 17.4. The van der Waals surface area contributed by atoms with Gasteiger partial charge in [-0.15, -0.1) is 0 Å². The predicted molar refractivity (Wildman–Crippen MR) is 111 cm³/mol. The number of esters is 1. The van der Waals surface area contributed by atoms with E-state index in [1.807, 2.05) is 17.6 Å². The summed E-state index contributed by atoms with van der Waals surface area (Å²) in [5.41, 5.74) is 2.90. The summed E-state index contributed by atoms with van der Waals surface area (Å²) in [5, 5.41) is 0.683. The molecule has 0 bridgehead atoms. The fourth-order valence-electron chi connectivity index (χ4n) is 2.93. The summed E-state index contributed by atoms with van der Waals surface area (Å²) < 4.78 is 20.1. The maximum Gasteiger partial charge on any atom is 0.307 e. The van der Waals surface area contributed by atoms with E-state index in [2.05, 4.69) is 16.9 Å². The summed E-state index contributed by atoms with van der Waals surface area (Å²) in [4.78, 5) is 25.4. The number of thioether (sulfide) groups is 1. The van der Waals surface area contributed by atoms with Gasteiger partial charge in [-0.2, -0.15) is 0 Å². The molecule has 152 valence electrons. The zero-order valence-electron chi connectivity index (χ0n) is 16.6. The molecule has 6 nitrogen and oxygen atoms in total. The van der Waals surface area contributed by atoms with Crippen molar-refractivity contribution in [2.24, 2.45) is 0 Å². The molecule has 0 radical (unpaired) electrons. The molecule has 1 unspecified atom stereocenters. The van der Waals surface area contributed by atoms with E-state index in [1.165, 1.54) is 19.2 Å². The number of nitrogens with zero attached hydrogens (tertiary/aromatic N) is 4. The molecule has 2 aromatic heterocycles. The van der Waals surface area contributed by atoms with Gasteiger partial charge in [0, 0.05) is 23.6 Å². The minimum absolute atomic E-state index is 0.194. The van der Waals surface area contributed by atoms with E-state index in [4.69, 9.17) is 9.72 Å². The number of aromatic nitrogens is 4. The maximum atomic E-state index is 13.4. The van der Waals surface area contributed by atoms with Crippen LogP contribution in [0.1, 0.15) is 32.7 Å². The maximum absolute atomic E-state index is 13.4. The topological polar surface area (TPSA) is 69.9 Å². The van der Waals surface area contributed by atoms with Crippen molar-refractivity contribution in [3.8, 4) is 22.6 Å². The smallest absolute Gasteiger partial charge is 0.307 e. The van der Waals surface area contributed by atoms with E-state index < -0.39 is 0 Å². The number of hydrogen-bond donors (Lipinski definition) is 0. The van der Waals surface area contributed by atoms with Crippen molar-refractivity contribution in [3.63, 3.8) is 0 Å². The molecule has 0 saturated heterocycles. The second kappa shape index (κ2) is 9.65. The fourth-order valence-corrected chi connectivity index (χ4v) is 3.61. The first-order chi connectivity index (χ1) is 14.0. The lowest BCUT2D eigenvalue weighted by Gasteiger charge is -2.16. The molecule has 3 aromatic rings. The van der Waals surface area contributed by atoms with Gasteiger partial charge >= 0.3 is 5.97 Å². The van der Waals surface area contributed by atoms with Crippen LogP contribution in [-0.2, 0) is 9.53 Å². The van der Waals surface area contributed by atoms with Crippen molar-refractivity contribution in [1.82, 2.24) is 19.5 Å². The standard InChI is InChI=1S/C21H23FN4O2S/c1-4-11-29-21-23-10-9-17(25-21)20-19(15-5-7-16(22)8-6-15)24-13-26(20)14(2)12-18(27)28-3/h5-10,13-14H,4,11-12H2,1-3H3. The molecule has 0 aliphatic heterocycles. The number of rotatable bonds is 8. The SMILES string of the molecule is CCCSc1nccc(-c2c(-c3ccc(F)cc3)ncn2C(C)CC(=O)OC)n1. The summed E-state index contributed by atoms with van der Waals surface area (Å²) in [5.74, 6) is 0.308. The highest BCUT2D eigenvalue weighted by molar-refractivity contribution is 7.99. The Kier molecular flexibility index (Phi) is 6.98. The Morgan fingerprint density at radius 3 is 2.69 bits per heavy atom. The summed E-state index contributed by atoms with van der Waals surface area (Å²) in [7, 11) is 1.37. The van der Waals surface area contributed by atoms with Crippen molar-refractivity contribution in [2.75, 3.05) is 12.9 Å². The first-order valence-electron chi connectivity index (χ1n) is 9.39. The van der Waals surface area contributed by atoms with Crippen LogP contribution in [0.15, 0.2) is 48.0 Å². The number of benzene rings is 1. The van der Waals surface area contributed by atoms with Crippen molar-refractivity contribution in [3.05, 3.63) is 48.7 Å². The third-order valence-electron chi connectivity index (χ3n) is 4.39. The highest BCUT2D eigenvalue weighted by Crippen LogP contribution is 2.33. The molecule has 0 N–H and O–H groups in total. The molecule has 1 aromatic carbocycles. The van der Waals surface area contributed by atoms with Gasteiger partial charge in [0.25, 0.3) is 0 Å². The van der Waals surface area contributed by atoms with Crippen LogP contribution >= 0.6 is 11.8 Å². The average molecular weight is 415 g/mol. The van der Waals surface area contributed by atoms with Crippen LogP contribution in [0.25, 0.3) is 22.6 Å². The number of hydrogen-bond acceptors (Lipinski definition) is 6. The molecule has 29 heavy (non-hydrogen) atoms. The van der Waals surface area contributed by atoms with Gasteiger partial charge in [0.2, 0.25) is 0 Å². The Bertz CT molecular complexity index is 975. The summed E-state index contributed by atoms with van der Waals surface area (Å²) in [6.07, 6.45) is 4.62. The van der Waals surface area contributed by atoms with E-state index in [-0.39, 0.29) is 24.2 Å². The van der Waals surface area contributed by atoms with Crippen LogP contribution in [0.5, 0.6) is 0 Å². The van der Waals surface area contributed by atoms with Gasteiger partial charge < -0.3 is 9.30 Å². The Labute approximate surface area is 173 Å².